The van der Waals surface area contributed by atoms with Gasteiger partial charge in [0.15, 0.2) is 0 Å². The highest BCUT2D eigenvalue weighted by Gasteiger charge is 2.40. The zero-order valence-electron chi connectivity index (χ0n) is 13.0. The average molecular weight is 322 g/mol. The van der Waals surface area contributed by atoms with Gasteiger partial charge in [0.05, 0.1) is 4.90 Å². The number of carbonyl (C=O) groups is 1. The number of amides is 1. The van der Waals surface area contributed by atoms with Gasteiger partial charge >= 0.3 is 0 Å². The predicted octanol–water partition coefficient (Wildman–Crippen LogP) is 1.86. The number of sulfonamides is 1. The highest BCUT2D eigenvalue weighted by Crippen LogP contribution is 2.44. The van der Waals surface area contributed by atoms with Crippen molar-refractivity contribution in [3.63, 3.8) is 0 Å². The summed E-state index contributed by atoms with van der Waals surface area (Å²) >= 11 is 0. The number of nitrogens with zero attached hydrogens (tertiary/aromatic N) is 1. The van der Waals surface area contributed by atoms with Crippen molar-refractivity contribution in [2.45, 2.75) is 36.6 Å². The summed E-state index contributed by atoms with van der Waals surface area (Å²) in [4.78, 5) is 12.6. The first-order valence-electron chi connectivity index (χ1n) is 7.71. The van der Waals surface area contributed by atoms with E-state index in [-0.39, 0.29) is 16.8 Å². The third-order valence-corrected chi connectivity index (χ3v) is 6.74. The maximum atomic E-state index is 12.4. The summed E-state index contributed by atoms with van der Waals surface area (Å²) < 4.78 is 25.5. The molecule has 0 unspecified atom stereocenters. The smallest absolute Gasteiger partial charge is 0.251 e. The van der Waals surface area contributed by atoms with Gasteiger partial charge in [-0.2, -0.15) is 0 Å². The van der Waals surface area contributed by atoms with Crippen molar-refractivity contribution in [2.75, 3.05) is 14.1 Å². The molecule has 1 N–H and O–H groups in total. The molecule has 6 heteroatoms. The van der Waals surface area contributed by atoms with Crippen LogP contribution in [0.15, 0.2) is 29.2 Å². The lowest BCUT2D eigenvalue weighted by Crippen LogP contribution is -2.38. The van der Waals surface area contributed by atoms with E-state index in [0.717, 1.165) is 16.6 Å². The van der Waals surface area contributed by atoms with E-state index in [2.05, 4.69) is 5.32 Å². The van der Waals surface area contributed by atoms with Crippen LogP contribution in [0.3, 0.4) is 0 Å². The number of fused-ring (bicyclic) bond motifs is 2. The van der Waals surface area contributed by atoms with Gasteiger partial charge < -0.3 is 5.32 Å². The van der Waals surface area contributed by atoms with E-state index in [1.807, 2.05) is 0 Å². The Hall–Kier alpha value is -1.40. The van der Waals surface area contributed by atoms with Gasteiger partial charge in [-0.3, -0.25) is 4.79 Å². The molecule has 2 bridgehead atoms. The lowest BCUT2D eigenvalue weighted by Gasteiger charge is -2.23. The summed E-state index contributed by atoms with van der Waals surface area (Å²) in [5, 5.41) is 3.09. The number of carbonyl (C=O) groups excluding carboxylic acids is 1. The van der Waals surface area contributed by atoms with Gasteiger partial charge in [-0.25, -0.2) is 12.7 Å². The first kappa shape index (κ1) is 15.5. The van der Waals surface area contributed by atoms with Gasteiger partial charge in [0.25, 0.3) is 5.91 Å². The first-order chi connectivity index (χ1) is 10.4. The topological polar surface area (TPSA) is 66.5 Å². The highest BCUT2D eigenvalue weighted by molar-refractivity contribution is 7.89. The quantitative estimate of drug-likeness (QED) is 0.920. The van der Waals surface area contributed by atoms with E-state index < -0.39 is 10.0 Å². The zero-order chi connectivity index (χ0) is 15.9. The third kappa shape index (κ3) is 2.77. The molecule has 1 amide bonds. The fourth-order valence-corrected chi connectivity index (χ4v) is 4.63. The van der Waals surface area contributed by atoms with Gasteiger partial charge in [-0.05, 0) is 49.3 Å². The van der Waals surface area contributed by atoms with Crippen molar-refractivity contribution in [3.05, 3.63) is 29.8 Å². The Morgan fingerprint density at radius 2 is 2.00 bits per heavy atom. The Labute approximate surface area is 131 Å². The van der Waals surface area contributed by atoms with Crippen molar-refractivity contribution >= 4 is 15.9 Å². The predicted molar refractivity (Wildman–Crippen MR) is 84.0 cm³/mol. The van der Waals surface area contributed by atoms with Gasteiger partial charge in [-0.15, -0.1) is 0 Å². The molecule has 0 radical (unpaired) electrons. The largest absolute Gasteiger partial charge is 0.349 e. The van der Waals surface area contributed by atoms with E-state index in [4.69, 9.17) is 0 Å². The minimum Gasteiger partial charge on any atom is -0.349 e. The van der Waals surface area contributed by atoms with Gasteiger partial charge in [0.1, 0.15) is 0 Å². The van der Waals surface area contributed by atoms with E-state index >= 15 is 0 Å². The van der Waals surface area contributed by atoms with Crippen molar-refractivity contribution in [1.82, 2.24) is 9.62 Å². The molecule has 3 atom stereocenters. The van der Waals surface area contributed by atoms with E-state index in [9.17, 15) is 13.2 Å². The van der Waals surface area contributed by atoms with Crippen LogP contribution in [0.5, 0.6) is 0 Å². The van der Waals surface area contributed by atoms with Gasteiger partial charge in [-0.1, -0.05) is 12.5 Å². The minimum atomic E-state index is -3.52. The third-order valence-electron chi connectivity index (χ3n) is 4.93. The van der Waals surface area contributed by atoms with E-state index in [1.165, 1.54) is 45.5 Å². The molecule has 2 aliphatic carbocycles. The van der Waals surface area contributed by atoms with Gasteiger partial charge in [0.2, 0.25) is 10.0 Å². The first-order valence-corrected chi connectivity index (χ1v) is 9.15. The molecule has 0 saturated heterocycles. The maximum absolute atomic E-state index is 12.4. The standard InChI is InChI=1S/C16H22N2O3S/c1-18(2)22(20,21)14-5-3-4-13(10-14)16(19)17-15-9-11-6-7-12(15)8-11/h3-5,10-12,15H,6-9H2,1-2H3,(H,17,19)/t11-,12-,15+/m1/s1. The number of hydrogen-bond acceptors (Lipinski definition) is 3. The van der Waals surface area contributed by atoms with Crippen molar-refractivity contribution < 1.29 is 13.2 Å². The molecule has 0 aliphatic heterocycles. The van der Waals surface area contributed by atoms with Gasteiger partial charge in [0, 0.05) is 25.7 Å². The highest BCUT2D eigenvalue weighted by atomic mass is 32.2. The second-order valence-corrected chi connectivity index (χ2v) is 8.72. The summed E-state index contributed by atoms with van der Waals surface area (Å²) in [6.45, 7) is 0. The Bertz CT molecular complexity index is 684. The van der Waals surface area contributed by atoms with Crippen LogP contribution in [0, 0.1) is 11.8 Å². The number of benzene rings is 1. The monoisotopic (exact) mass is 322 g/mol. The fourth-order valence-electron chi connectivity index (χ4n) is 3.68. The number of rotatable bonds is 4. The lowest BCUT2D eigenvalue weighted by atomic mass is 9.95. The SMILES string of the molecule is CN(C)S(=O)(=O)c1cccc(C(=O)N[C@H]2C[C@@H]3CC[C@@H]2C3)c1. The van der Waals surface area contributed by atoms with Crippen LogP contribution >= 0.6 is 0 Å². The summed E-state index contributed by atoms with van der Waals surface area (Å²) in [6, 6.07) is 6.51. The minimum absolute atomic E-state index is 0.151. The number of hydrogen-bond donors (Lipinski definition) is 1. The molecular formula is C16H22N2O3S. The molecule has 0 spiro atoms. The fraction of sp³-hybridized carbons (Fsp3) is 0.562. The van der Waals surface area contributed by atoms with Crippen LogP contribution in [0.2, 0.25) is 0 Å². The summed E-state index contributed by atoms with van der Waals surface area (Å²) in [5.74, 6) is 1.19. The molecular weight excluding hydrogens is 300 g/mol. The van der Waals surface area contributed by atoms with Crippen LogP contribution in [0.25, 0.3) is 0 Å². The second kappa shape index (κ2) is 5.66. The second-order valence-electron chi connectivity index (χ2n) is 6.57. The zero-order valence-corrected chi connectivity index (χ0v) is 13.8. The lowest BCUT2D eigenvalue weighted by molar-refractivity contribution is 0.0922. The van der Waals surface area contributed by atoms with Crippen LogP contribution in [0.4, 0.5) is 0 Å². The molecule has 1 aromatic rings. The van der Waals surface area contributed by atoms with E-state index in [0.29, 0.717) is 11.5 Å². The molecule has 2 saturated carbocycles. The number of nitrogens with one attached hydrogen (secondary N) is 1. The Morgan fingerprint density at radius 1 is 1.23 bits per heavy atom. The Kier molecular flexibility index (Phi) is 3.99. The van der Waals surface area contributed by atoms with Crippen LogP contribution < -0.4 is 5.32 Å². The molecule has 1 aromatic carbocycles. The molecule has 0 aromatic heterocycles. The molecule has 3 rings (SSSR count). The Balaban J connectivity index is 1.76. The molecule has 0 heterocycles. The van der Waals surface area contributed by atoms with Crippen molar-refractivity contribution in [1.29, 1.82) is 0 Å². The molecule has 5 nitrogen and oxygen atoms in total. The summed E-state index contributed by atoms with van der Waals surface area (Å²) in [6.07, 6.45) is 4.77. The van der Waals surface area contributed by atoms with Crippen LogP contribution in [-0.2, 0) is 10.0 Å². The molecule has 22 heavy (non-hydrogen) atoms. The average Bonchev–Trinajstić information content (AvgIpc) is 3.09. The molecule has 2 fully saturated rings. The Morgan fingerprint density at radius 3 is 2.59 bits per heavy atom. The molecule has 2 aliphatic rings. The normalized spacial score (nSPS) is 27.3. The molecule has 120 valence electrons. The van der Waals surface area contributed by atoms with Crippen LogP contribution in [-0.4, -0.2) is 38.8 Å². The van der Waals surface area contributed by atoms with Crippen molar-refractivity contribution in [3.8, 4) is 0 Å². The van der Waals surface area contributed by atoms with Crippen molar-refractivity contribution in [2.24, 2.45) is 11.8 Å². The summed E-state index contributed by atoms with van der Waals surface area (Å²) in [7, 11) is -0.548. The summed E-state index contributed by atoms with van der Waals surface area (Å²) in [5.41, 5.74) is 0.408. The van der Waals surface area contributed by atoms with Crippen LogP contribution in [0.1, 0.15) is 36.0 Å². The maximum Gasteiger partial charge on any atom is 0.251 e. The van der Waals surface area contributed by atoms with E-state index in [1.54, 1.807) is 12.1 Å².